The second kappa shape index (κ2) is 6.91. The molecule has 1 atom stereocenters. The zero-order chi connectivity index (χ0) is 16.3. The third-order valence-electron chi connectivity index (χ3n) is 5.39. The summed E-state index contributed by atoms with van der Waals surface area (Å²) in [6, 6.07) is 8.54. The first-order valence-corrected chi connectivity index (χ1v) is 9.03. The van der Waals surface area contributed by atoms with Crippen molar-refractivity contribution in [3.8, 4) is 0 Å². The van der Waals surface area contributed by atoms with Gasteiger partial charge in [-0.3, -0.25) is 4.79 Å². The second-order valence-electron chi connectivity index (χ2n) is 7.20. The standard InChI is InChI=1S/C19H29N3O/c1-15(21-18(23)19(20)10-3-2-4-11-19)16-8-7-9-17(14-16)22-12-5-6-13-22/h7-9,14-15H,2-6,10-13,20H2,1H3,(H,21,23). The van der Waals surface area contributed by atoms with Crippen molar-refractivity contribution in [1.82, 2.24) is 5.32 Å². The number of hydrogen-bond donors (Lipinski definition) is 2. The van der Waals surface area contributed by atoms with E-state index in [1.54, 1.807) is 0 Å². The molecule has 3 rings (SSSR count). The number of benzene rings is 1. The van der Waals surface area contributed by atoms with Crippen molar-refractivity contribution in [3.05, 3.63) is 29.8 Å². The molecule has 1 aliphatic carbocycles. The van der Waals surface area contributed by atoms with E-state index < -0.39 is 5.54 Å². The van der Waals surface area contributed by atoms with Gasteiger partial charge in [0.25, 0.3) is 0 Å². The van der Waals surface area contributed by atoms with Gasteiger partial charge in [0.1, 0.15) is 0 Å². The maximum atomic E-state index is 12.6. The molecular weight excluding hydrogens is 286 g/mol. The summed E-state index contributed by atoms with van der Waals surface area (Å²) in [6.07, 6.45) is 7.46. The average molecular weight is 315 g/mol. The Labute approximate surface area is 139 Å². The van der Waals surface area contributed by atoms with Crippen molar-refractivity contribution in [1.29, 1.82) is 0 Å². The van der Waals surface area contributed by atoms with Gasteiger partial charge in [-0.1, -0.05) is 31.4 Å². The Morgan fingerprint density at radius 1 is 1.17 bits per heavy atom. The van der Waals surface area contributed by atoms with Gasteiger partial charge in [-0.15, -0.1) is 0 Å². The first kappa shape index (κ1) is 16.3. The van der Waals surface area contributed by atoms with E-state index in [1.807, 2.05) is 6.92 Å². The van der Waals surface area contributed by atoms with Crippen molar-refractivity contribution in [2.24, 2.45) is 5.73 Å². The minimum atomic E-state index is -0.668. The van der Waals surface area contributed by atoms with Gasteiger partial charge in [-0.25, -0.2) is 0 Å². The van der Waals surface area contributed by atoms with Crippen molar-refractivity contribution < 1.29 is 4.79 Å². The summed E-state index contributed by atoms with van der Waals surface area (Å²) < 4.78 is 0. The van der Waals surface area contributed by atoms with Crippen molar-refractivity contribution >= 4 is 11.6 Å². The fourth-order valence-corrected chi connectivity index (χ4v) is 3.80. The Morgan fingerprint density at radius 2 is 1.87 bits per heavy atom. The molecule has 126 valence electrons. The van der Waals surface area contributed by atoms with Gasteiger partial charge < -0.3 is 16.0 Å². The minimum Gasteiger partial charge on any atom is -0.372 e. The van der Waals surface area contributed by atoms with Crippen LogP contribution in [0.2, 0.25) is 0 Å². The van der Waals surface area contributed by atoms with E-state index in [9.17, 15) is 4.79 Å². The number of rotatable bonds is 4. The lowest BCUT2D eigenvalue weighted by molar-refractivity contribution is -0.128. The molecule has 3 N–H and O–H groups in total. The van der Waals surface area contributed by atoms with Crippen LogP contribution in [-0.4, -0.2) is 24.5 Å². The molecule has 1 saturated carbocycles. The number of nitrogens with two attached hydrogens (primary N) is 1. The van der Waals surface area contributed by atoms with Crippen LogP contribution in [0.15, 0.2) is 24.3 Å². The lowest BCUT2D eigenvalue weighted by atomic mass is 9.81. The van der Waals surface area contributed by atoms with E-state index in [2.05, 4.69) is 34.5 Å². The van der Waals surface area contributed by atoms with E-state index >= 15 is 0 Å². The zero-order valence-electron chi connectivity index (χ0n) is 14.2. The summed E-state index contributed by atoms with van der Waals surface area (Å²) in [5, 5.41) is 3.14. The zero-order valence-corrected chi connectivity index (χ0v) is 14.2. The predicted octanol–water partition coefficient (Wildman–Crippen LogP) is 3.13. The second-order valence-corrected chi connectivity index (χ2v) is 7.20. The maximum Gasteiger partial charge on any atom is 0.240 e. The highest BCUT2D eigenvalue weighted by atomic mass is 16.2. The molecule has 1 aromatic rings. The molecule has 0 bridgehead atoms. The number of carbonyl (C=O) groups excluding carboxylic acids is 1. The van der Waals surface area contributed by atoms with Gasteiger partial charge in [0.2, 0.25) is 5.91 Å². The van der Waals surface area contributed by atoms with E-state index in [0.29, 0.717) is 0 Å². The van der Waals surface area contributed by atoms with E-state index in [-0.39, 0.29) is 11.9 Å². The summed E-state index contributed by atoms with van der Waals surface area (Å²) in [6.45, 7) is 4.32. The van der Waals surface area contributed by atoms with Crippen LogP contribution in [0, 0.1) is 0 Å². The lowest BCUT2D eigenvalue weighted by Gasteiger charge is -2.33. The van der Waals surface area contributed by atoms with Crippen LogP contribution >= 0.6 is 0 Å². The molecular formula is C19H29N3O. The highest BCUT2D eigenvalue weighted by Gasteiger charge is 2.35. The van der Waals surface area contributed by atoms with E-state index in [4.69, 9.17) is 5.73 Å². The van der Waals surface area contributed by atoms with Crippen molar-refractivity contribution in [3.63, 3.8) is 0 Å². The molecule has 1 unspecified atom stereocenters. The van der Waals surface area contributed by atoms with Crippen LogP contribution in [0.3, 0.4) is 0 Å². The Kier molecular flexibility index (Phi) is 4.90. The van der Waals surface area contributed by atoms with Crippen LogP contribution in [0.1, 0.15) is 63.5 Å². The smallest absolute Gasteiger partial charge is 0.240 e. The van der Waals surface area contributed by atoms with Gasteiger partial charge >= 0.3 is 0 Å². The van der Waals surface area contributed by atoms with Gasteiger partial charge in [0.15, 0.2) is 0 Å². The number of anilines is 1. The Morgan fingerprint density at radius 3 is 2.57 bits per heavy atom. The molecule has 0 aromatic heterocycles. The molecule has 1 aliphatic heterocycles. The van der Waals surface area contributed by atoms with E-state index in [1.165, 1.54) is 24.9 Å². The van der Waals surface area contributed by atoms with Crippen LogP contribution < -0.4 is 16.0 Å². The average Bonchev–Trinajstić information content (AvgIpc) is 3.10. The molecule has 0 spiro atoms. The first-order chi connectivity index (χ1) is 11.1. The summed E-state index contributed by atoms with van der Waals surface area (Å²) in [7, 11) is 0. The molecule has 1 heterocycles. The van der Waals surface area contributed by atoms with Crippen molar-refractivity contribution in [2.45, 2.75) is 63.5 Å². The Bertz CT molecular complexity index is 545. The normalized spacial score (nSPS) is 21.9. The SMILES string of the molecule is CC(NC(=O)C1(N)CCCCC1)c1cccc(N2CCCC2)c1. The van der Waals surface area contributed by atoms with Gasteiger partial charge in [-0.2, -0.15) is 0 Å². The third-order valence-corrected chi connectivity index (χ3v) is 5.39. The molecule has 1 amide bonds. The summed E-state index contributed by atoms with van der Waals surface area (Å²) >= 11 is 0. The van der Waals surface area contributed by atoms with Gasteiger partial charge in [0.05, 0.1) is 11.6 Å². The lowest BCUT2D eigenvalue weighted by Crippen LogP contribution is -2.55. The molecule has 2 fully saturated rings. The van der Waals surface area contributed by atoms with Crippen LogP contribution in [0.25, 0.3) is 0 Å². The Hall–Kier alpha value is -1.55. The number of nitrogens with one attached hydrogen (secondary N) is 1. The van der Waals surface area contributed by atoms with E-state index in [0.717, 1.165) is 44.3 Å². The molecule has 0 radical (unpaired) electrons. The largest absolute Gasteiger partial charge is 0.372 e. The van der Waals surface area contributed by atoms with Crippen LogP contribution in [-0.2, 0) is 4.79 Å². The highest BCUT2D eigenvalue weighted by molar-refractivity contribution is 5.86. The maximum absolute atomic E-state index is 12.6. The highest BCUT2D eigenvalue weighted by Crippen LogP contribution is 2.28. The monoisotopic (exact) mass is 315 g/mol. The fraction of sp³-hybridized carbons (Fsp3) is 0.632. The van der Waals surface area contributed by atoms with Crippen molar-refractivity contribution in [2.75, 3.05) is 18.0 Å². The summed E-state index contributed by atoms with van der Waals surface area (Å²) in [5.41, 5.74) is 8.09. The topological polar surface area (TPSA) is 58.4 Å². The fourth-order valence-electron chi connectivity index (χ4n) is 3.80. The molecule has 1 aromatic carbocycles. The number of amides is 1. The first-order valence-electron chi connectivity index (χ1n) is 9.03. The minimum absolute atomic E-state index is 0.00703. The summed E-state index contributed by atoms with van der Waals surface area (Å²) in [4.78, 5) is 15.0. The van der Waals surface area contributed by atoms with Gasteiger partial charge in [-0.05, 0) is 50.3 Å². The molecule has 1 saturated heterocycles. The molecule has 4 nitrogen and oxygen atoms in total. The molecule has 4 heteroatoms. The molecule has 23 heavy (non-hydrogen) atoms. The quantitative estimate of drug-likeness (QED) is 0.897. The Balaban J connectivity index is 1.66. The molecule has 2 aliphatic rings. The number of carbonyl (C=O) groups is 1. The summed E-state index contributed by atoms with van der Waals surface area (Å²) in [5.74, 6) is 0.0104. The van der Waals surface area contributed by atoms with Crippen LogP contribution in [0.4, 0.5) is 5.69 Å². The third kappa shape index (κ3) is 3.69. The van der Waals surface area contributed by atoms with Gasteiger partial charge in [0, 0.05) is 18.8 Å². The predicted molar refractivity (Wildman–Crippen MR) is 94.5 cm³/mol. The number of nitrogens with zero attached hydrogens (tertiary/aromatic N) is 1. The number of hydrogen-bond acceptors (Lipinski definition) is 3. The van der Waals surface area contributed by atoms with Crippen LogP contribution in [0.5, 0.6) is 0 Å².